The summed E-state index contributed by atoms with van der Waals surface area (Å²) in [4.78, 5) is 14.1. The minimum absolute atomic E-state index is 0. The maximum Gasteiger partial charge on any atom is 0.234 e. The van der Waals surface area contributed by atoms with Crippen molar-refractivity contribution in [1.82, 2.24) is 15.5 Å². The van der Waals surface area contributed by atoms with Gasteiger partial charge in [0.25, 0.3) is 0 Å². The molecule has 3 fully saturated rings. The van der Waals surface area contributed by atoms with Gasteiger partial charge >= 0.3 is 0 Å². The standard InChI is InChI=1S/C15H27N3O.ClH/c19-15(17-10-13-3-4-13)11-18-7-5-14(6-8-18)16-9-12-1-2-12;/h12-14,16H,1-11H2,(H,17,19);1H. The van der Waals surface area contributed by atoms with Crippen molar-refractivity contribution in [1.29, 1.82) is 0 Å². The molecule has 2 N–H and O–H groups in total. The summed E-state index contributed by atoms with van der Waals surface area (Å²) in [5, 5.41) is 6.73. The number of piperidine rings is 1. The predicted octanol–water partition coefficient (Wildman–Crippen LogP) is 1.40. The van der Waals surface area contributed by atoms with E-state index in [0.29, 0.717) is 12.6 Å². The zero-order valence-corrected chi connectivity index (χ0v) is 13.1. The van der Waals surface area contributed by atoms with Crippen LogP contribution in [0.3, 0.4) is 0 Å². The van der Waals surface area contributed by atoms with Crippen molar-refractivity contribution in [3.63, 3.8) is 0 Å². The van der Waals surface area contributed by atoms with Crippen LogP contribution in [0.5, 0.6) is 0 Å². The van der Waals surface area contributed by atoms with E-state index < -0.39 is 0 Å². The van der Waals surface area contributed by atoms with E-state index in [4.69, 9.17) is 0 Å². The average molecular weight is 302 g/mol. The fourth-order valence-electron chi connectivity index (χ4n) is 2.79. The Labute approximate surface area is 128 Å². The Morgan fingerprint density at radius 3 is 2.15 bits per heavy atom. The van der Waals surface area contributed by atoms with Crippen molar-refractivity contribution >= 4 is 18.3 Å². The normalized spacial score (nSPS) is 24.2. The van der Waals surface area contributed by atoms with Gasteiger partial charge in [0.15, 0.2) is 0 Å². The Balaban J connectivity index is 0.00000147. The minimum Gasteiger partial charge on any atom is -0.355 e. The zero-order chi connectivity index (χ0) is 13.1. The molecule has 0 unspecified atom stereocenters. The van der Waals surface area contributed by atoms with E-state index in [0.717, 1.165) is 31.5 Å². The van der Waals surface area contributed by atoms with Gasteiger partial charge in [0, 0.05) is 25.7 Å². The molecule has 0 aromatic rings. The lowest BCUT2D eigenvalue weighted by Gasteiger charge is -2.32. The number of nitrogens with zero attached hydrogens (tertiary/aromatic N) is 1. The second kappa shape index (κ2) is 7.62. The fraction of sp³-hybridized carbons (Fsp3) is 0.933. The molecule has 0 radical (unpaired) electrons. The number of hydrogen-bond donors (Lipinski definition) is 2. The Morgan fingerprint density at radius 1 is 0.950 bits per heavy atom. The predicted molar refractivity (Wildman–Crippen MR) is 83.2 cm³/mol. The van der Waals surface area contributed by atoms with Crippen LogP contribution in [-0.4, -0.2) is 49.6 Å². The van der Waals surface area contributed by atoms with Crippen LogP contribution in [0, 0.1) is 11.8 Å². The zero-order valence-electron chi connectivity index (χ0n) is 12.3. The van der Waals surface area contributed by atoms with Gasteiger partial charge in [-0.05, 0) is 56.9 Å². The first kappa shape index (κ1) is 16.1. The van der Waals surface area contributed by atoms with Crippen molar-refractivity contribution in [3.05, 3.63) is 0 Å². The second-order valence-electron chi connectivity index (χ2n) is 6.65. The van der Waals surface area contributed by atoms with Crippen LogP contribution >= 0.6 is 12.4 Å². The van der Waals surface area contributed by atoms with Gasteiger partial charge in [-0.2, -0.15) is 0 Å². The van der Waals surface area contributed by atoms with Crippen molar-refractivity contribution in [2.45, 2.75) is 44.6 Å². The Bertz CT molecular complexity index is 310. The quantitative estimate of drug-likeness (QED) is 0.747. The van der Waals surface area contributed by atoms with Crippen LogP contribution in [-0.2, 0) is 4.79 Å². The van der Waals surface area contributed by atoms with Crippen molar-refractivity contribution in [2.24, 2.45) is 11.8 Å². The van der Waals surface area contributed by atoms with Gasteiger partial charge in [0.1, 0.15) is 0 Å². The van der Waals surface area contributed by atoms with Gasteiger partial charge in [-0.3, -0.25) is 9.69 Å². The van der Waals surface area contributed by atoms with Gasteiger partial charge in [-0.1, -0.05) is 0 Å². The monoisotopic (exact) mass is 301 g/mol. The summed E-state index contributed by atoms with van der Waals surface area (Å²) in [7, 11) is 0. The number of carbonyl (C=O) groups excluding carboxylic acids is 1. The third-order valence-corrected chi connectivity index (χ3v) is 4.63. The molecule has 20 heavy (non-hydrogen) atoms. The van der Waals surface area contributed by atoms with Crippen LogP contribution < -0.4 is 10.6 Å². The molecule has 0 atom stereocenters. The van der Waals surface area contributed by atoms with Crippen LogP contribution in [0.4, 0.5) is 0 Å². The van der Waals surface area contributed by atoms with Gasteiger partial charge in [0.05, 0.1) is 6.54 Å². The third kappa shape index (κ3) is 5.58. The summed E-state index contributed by atoms with van der Waals surface area (Å²) in [5.41, 5.74) is 0. The van der Waals surface area contributed by atoms with Crippen LogP contribution in [0.15, 0.2) is 0 Å². The highest BCUT2D eigenvalue weighted by Crippen LogP contribution is 2.28. The first-order valence-corrected chi connectivity index (χ1v) is 8.02. The first-order chi connectivity index (χ1) is 9.29. The summed E-state index contributed by atoms with van der Waals surface area (Å²) in [5.74, 6) is 1.96. The maximum absolute atomic E-state index is 11.8. The number of nitrogens with one attached hydrogen (secondary N) is 2. The van der Waals surface area contributed by atoms with E-state index in [1.807, 2.05) is 0 Å². The highest BCUT2D eigenvalue weighted by atomic mass is 35.5. The Hall–Kier alpha value is -0.320. The Kier molecular flexibility index (Phi) is 6.12. The summed E-state index contributed by atoms with van der Waals surface area (Å²) in [6.07, 6.45) is 7.85. The molecule has 2 aliphatic carbocycles. The molecule has 0 spiro atoms. The van der Waals surface area contributed by atoms with Crippen molar-refractivity contribution < 1.29 is 4.79 Å². The lowest BCUT2D eigenvalue weighted by molar-refractivity contribution is -0.122. The largest absolute Gasteiger partial charge is 0.355 e. The van der Waals surface area contributed by atoms with Crippen LogP contribution in [0.25, 0.3) is 0 Å². The van der Waals surface area contributed by atoms with E-state index in [1.165, 1.54) is 45.1 Å². The number of carbonyl (C=O) groups is 1. The number of rotatable bonds is 7. The van der Waals surface area contributed by atoms with Gasteiger partial charge in [-0.15, -0.1) is 12.4 Å². The lowest BCUT2D eigenvalue weighted by Crippen LogP contribution is -2.46. The molecule has 4 nitrogen and oxygen atoms in total. The maximum atomic E-state index is 11.8. The smallest absolute Gasteiger partial charge is 0.234 e. The van der Waals surface area contributed by atoms with Crippen LogP contribution in [0.2, 0.25) is 0 Å². The second-order valence-corrected chi connectivity index (χ2v) is 6.65. The molecule has 2 saturated carbocycles. The van der Waals surface area contributed by atoms with Gasteiger partial charge in [-0.25, -0.2) is 0 Å². The minimum atomic E-state index is 0. The average Bonchev–Trinajstić information content (AvgIpc) is 3.28. The molecule has 1 aliphatic heterocycles. The Morgan fingerprint density at radius 2 is 1.55 bits per heavy atom. The lowest BCUT2D eigenvalue weighted by atomic mass is 10.0. The van der Waals surface area contributed by atoms with Gasteiger partial charge < -0.3 is 10.6 Å². The SMILES string of the molecule is Cl.O=C(CN1CCC(NCC2CC2)CC1)NCC1CC1. The van der Waals surface area contributed by atoms with E-state index >= 15 is 0 Å². The molecule has 0 bridgehead atoms. The number of amides is 1. The van der Waals surface area contributed by atoms with Crippen molar-refractivity contribution in [2.75, 3.05) is 32.7 Å². The first-order valence-electron chi connectivity index (χ1n) is 8.02. The summed E-state index contributed by atoms with van der Waals surface area (Å²) < 4.78 is 0. The van der Waals surface area contributed by atoms with Crippen LogP contribution in [0.1, 0.15) is 38.5 Å². The molecule has 116 valence electrons. The number of halogens is 1. The van der Waals surface area contributed by atoms with Crippen molar-refractivity contribution in [3.8, 4) is 0 Å². The molecule has 3 rings (SSSR count). The number of likely N-dealkylation sites (tertiary alicyclic amines) is 1. The molecule has 0 aromatic heterocycles. The summed E-state index contributed by atoms with van der Waals surface area (Å²) >= 11 is 0. The summed E-state index contributed by atoms with van der Waals surface area (Å²) in [6, 6.07) is 0.686. The molecular weight excluding hydrogens is 274 g/mol. The molecule has 3 aliphatic rings. The topological polar surface area (TPSA) is 44.4 Å². The molecule has 0 aromatic carbocycles. The summed E-state index contributed by atoms with van der Waals surface area (Å²) in [6.45, 7) is 4.85. The molecule has 1 saturated heterocycles. The van der Waals surface area contributed by atoms with E-state index in [-0.39, 0.29) is 18.3 Å². The number of hydrogen-bond acceptors (Lipinski definition) is 3. The third-order valence-electron chi connectivity index (χ3n) is 4.63. The highest BCUT2D eigenvalue weighted by Gasteiger charge is 2.25. The molecule has 5 heteroatoms. The van der Waals surface area contributed by atoms with E-state index in [2.05, 4.69) is 15.5 Å². The molecular formula is C15H28ClN3O. The highest BCUT2D eigenvalue weighted by molar-refractivity contribution is 5.85. The van der Waals surface area contributed by atoms with Gasteiger partial charge in [0.2, 0.25) is 5.91 Å². The van der Waals surface area contributed by atoms with E-state index in [1.54, 1.807) is 0 Å². The van der Waals surface area contributed by atoms with E-state index in [9.17, 15) is 4.79 Å². The fourth-order valence-corrected chi connectivity index (χ4v) is 2.79. The molecule has 1 amide bonds. The molecule has 1 heterocycles.